The molecular formula is C24H27N3O. The number of hydrogen-bond acceptors (Lipinski definition) is 3. The van der Waals surface area contributed by atoms with Gasteiger partial charge < -0.3 is 10.2 Å². The molecule has 3 rings (SSSR count). The molecule has 1 aromatic heterocycles. The van der Waals surface area contributed by atoms with E-state index >= 15 is 0 Å². The molecule has 1 heterocycles. The first-order valence-electron chi connectivity index (χ1n) is 9.85. The fraction of sp³-hybridized carbons (Fsp3) is 0.250. The monoisotopic (exact) mass is 373 g/mol. The summed E-state index contributed by atoms with van der Waals surface area (Å²) >= 11 is 0. The van der Waals surface area contributed by atoms with Crippen molar-refractivity contribution in [2.45, 2.75) is 26.7 Å². The minimum absolute atomic E-state index is 0.0654. The Morgan fingerprint density at radius 2 is 1.68 bits per heavy atom. The Morgan fingerprint density at radius 3 is 2.36 bits per heavy atom. The van der Waals surface area contributed by atoms with Crippen LogP contribution in [0.5, 0.6) is 0 Å². The quantitative estimate of drug-likeness (QED) is 0.593. The molecule has 144 valence electrons. The van der Waals surface area contributed by atoms with Crippen molar-refractivity contribution < 1.29 is 4.79 Å². The maximum atomic E-state index is 12.3. The van der Waals surface area contributed by atoms with Gasteiger partial charge in [0, 0.05) is 24.3 Å². The largest absolute Gasteiger partial charge is 0.372 e. The highest BCUT2D eigenvalue weighted by Gasteiger charge is 2.08. The van der Waals surface area contributed by atoms with Gasteiger partial charge in [0.25, 0.3) is 0 Å². The second-order valence-corrected chi connectivity index (χ2v) is 6.75. The van der Waals surface area contributed by atoms with Gasteiger partial charge in [0.15, 0.2) is 0 Å². The maximum absolute atomic E-state index is 12.3. The second-order valence-electron chi connectivity index (χ2n) is 6.75. The van der Waals surface area contributed by atoms with Crippen molar-refractivity contribution in [3.8, 4) is 11.3 Å². The molecule has 1 N–H and O–H groups in total. The summed E-state index contributed by atoms with van der Waals surface area (Å²) in [4.78, 5) is 19.3. The Balaban J connectivity index is 1.69. The Labute approximate surface area is 167 Å². The van der Waals surface area contributed by atoms with Crippen molar-refractivity contribution in [3.05, 3.63) is 78.4 Å². The van der Waals surface area contributed by atoms with Gasteiger partial charge in [-0.1, -0.05) is 55.5 Å². The molecule has 0 aliphatic carbocycles. The van der Waals surface area contributed by atoms with Crippen LogP contribution in [0.15, 0.2) is 72.8 Å². The third-order valence-corrected chi connectivity index (χ3v) is 4.63. The Hall–Kier alpha value is -3.14. The van der Waals surface area contributed by atoms with Crippen molar-refractivity contribution in [1.29, 1.82) is 0 Å². The number of anilines is 2. The Kier molecular flexibility index (Phi) is 6.79. The third kappa shape index (κ3) is 5.19. The zero-order chi connectivity index (χ0) is 19.8. The number of nitrogens with zero attached hydrogens (tertiary/aromatic N) is 2. The predicted molar refractivity (Wildman–Crippen MR) is 117 cm³/mol. The summed E-state index contributed by atoms with van der Waals surface area (Å²) < 4.78 is 0. The van der Waals surface area contributed by atoms with Crippen LogP contribution < -0.4 is 10.2 Å². The minimum atomic E-state index is -0.0654. The average molecular weight is 374 g/mol. The van der Waals surface area contributed by atoms with E-state index in [0.717, 1.165) is 36.3 Å². The summed E-state index contributed by atoms with van der Waals surface area (Å²) in [5.74, 6) is 0.507. The molecule has 4 heteroatoms. The summed E-state index contributed by atoms with van der Waals surface area (Å²) in [6.45, 7) is 6.41. The van der Waals surface area contributed by atoms with Crippen LogP contribution >= 0.6 is 0 Å². The molecule has 0 bridgehead atoms. The first-order chi connectivity index (χ1) is 13.7. The normalized spacial score (nSPS) is 10.5. The van der Waals surface area contributed by atoms with Crippen LogP contribution in [0.1, 0.15) is 25.8 Å². The van der Waals surface area contributed by atoms with Gasteiger partial charge in [-0.15, -0.1) is 0 Å². The molecule has 3 aromatic rings. The summed E-state index contributed by atoms with van der Waals surface area (Å²) in [5, 5.41) is 2.90. The minimum Gasteiger partial charge on any atom is -0.372 e. The van der Waals surface area contributed by atoms with Crippen molar-refractivity contribution in [2.75, 3.05) is 23.3 Å². The van der Waals surface area contributed by atoms with Crippen LogP contribution in [0.3, 0.4) is 0 Å². The highest BCUT2D eigenvalue weighted by molar-refractivity contribution is 5.91. The van der Waals surface area contributed by atoms with Crippen LogP contribution in [0.2, 0.25) is 0 Å². The van der Waals surface area contributed by atoms with Gasteiger partial charge in [-0.25, -0.2) is 4.98 Å². The van der Waals surface area contributed by atoms with Crippen LogP contribution in [-0.2, 0) is 11.2 Å². The molecule has 0 spiro atoms. The third-order valence-electron chi connectivity index (χ3n) is 4.63. The van der Waals surface area contributed by atoms with E-state index in [0.29, 0.717) is 12.2 Å². The average Bonchev–Trinajstić information content (AvgIpc) is 2.73. The number of pyridine rings is 1. The lowest BCUT2D eigenvalue weighted by Gasteiger charge is -2.22. The van der Waals surface area contributed by atoms with E-state index < -0.39 is 0 Å². The number of rotatable bonds is 8. The summed E-state index contributed by atoms with van der Waals surface area (Å²) in [6, 6.07) is 23.9. The van der Waals surface area contributed by atoms with E-state index in [1.165, 1.54) is 5.69 Å². The maximum Gasteiger partial charge on any atom is 0.229 e. The number of amides is 1. The van der Waals surface area contributed by atoms with E-state index in [1.54, 1.807) is 0 Å². The molecular weight excluding hydrogens is 346 g/mol. The van der Waals surface area contributed by atoms with Crippen molar-refractivity contribution in [1.82, 2.24) is 4.98 Å². The van der Waals surface area contributed by atoms with Crippen LogP contribution in [-0.4, -0.2) is 24.0 Å². The standard InChI is InChI=1S/C24H27N3O/c1-3-17-27(4-2)21-15-13-20(14-16-21)22-11-8-12-23(25-22)26-24(28)18-19-9-6-5-7-10-19/h5-16H,3-4,17-18H2,1-2H3,(H,25,26,28). The SMILES string of the molecule is CCCN(CC)c1ccc(-c2cccc(NC(=O)Cc3ccccc3)n2)cc1. The zero-order valence-electron chi connectivity index (χ0n) is 16.6. The molecule has 1 amide bonds. The molecule has 0 atom stereocenters. The first kappa shape index (κ1) is 19.6. The van der Waals surface area contributed by atoms with E-state index in [9.17, 15) is 4.79 Å². The Bertz CT molecular complexity index is 891. The van der Waals surface area contributed by atoms with E-state index in [2.05, 4.69) is 53.3 Å². The smallest absolute Gasteiger partial charge is 0.229 e. The highest BCUT2D eigenvalue weighted by Crippen LogP contribution is 2.23. The summed E-state index contributed by atoms with van der Waals surface area (Å²) in [6.07, 6.45) is 1.47. The summed E-state index contributed by atoms with van der Waals surface area (Å²) in [7, 11) is 0. The van der Waals surface area contributed by atoms with Gasteiger partial charge in [0.1, 0.15) is 5.82 Å². The Morgan fingerprint density at radius 1 is 0.929 bits per heavy atom. The molecule has 0 unspecified atom stereocenters. The molecule has 28 heavy (non-hydrogen) atoms. The first-order valence-corrected chi connectivity index (χ1v) is 9.85. The van der Waals surface area contributed by atoms with Crippen LogP contribution in [0.25, 0.3) is 11.3 Å². The van der Waals surface area contributed by atoms with Gasteiger partial charge in [0.2, 0.25) is 5.91 Å². The van der Waals surface area contributed by atoms with Gasteiger partial charge in [0.05, 0.1) is 12.1 Å². The summed E-state index contributed by atoms with van der Waals surface area (Å²) in [5.41, 5.74) is 4.10. The van der Waals surface area contributed by atoms with E-state index in [-0.39, 0.29) is 5.91 Å². The molecule has 2 aromatic carbocycles. The molecule has 0 fully saturated rings. The van der Waals surface area contributed by atoms with Crippen LogP contribution in [0, 0.1) is 0 Å². The number of nitrogens with one attached hydrogen (secondary N) is 1. The van der Waals surface area contributed by atoms with E-state index in [4.69, 9.17) is 0 Å². The van der Waals surface area contributed by atoms with Crippen molar-refractivity contribution in [2.24, 2.45) is 0 Å². The second kappa shape index (κ2) is 9.70. The van der Waals surface area contributed by atoms with Gasteiger partial charge in [-0.2, -0.15) is 0 Å². The molecule has 0 aliphatic rings. The van der Waals surface area contributed by atoms with Crippen molar-refractivity contribution in [3.63, 3.8) is 0 Å². The highest BCUT2D eigenvalue weighted by atomic mass is 16.1. The van der Waals surface area contributed by atoms with Crippen molar-refractivity contribution >= 4 is 17.4 Å². The van der Waals surface area contributed by atoms with E-state index in [1.807, 2.05) is 48.5 Å². The zero-order valence-corrected chi connectivity index (χ0v) is 16.6. The predicted octanol–water partition coefficient (Wildman–Crippen LogP) is 5.17. The fourth-order valence-electron chi connectivity index (χ4n) is 3.22. The number of benzene rings is 2. The molecule has 0 saturated heterocycles. The molecule has 0 aliphatic heterocycles. The van der Waals surface area contributed by atoms with Gasteiger partial charge in [-0.05, 0) is 43.2 Å². The number of carbonyl (C=O) groups excluding carboxylic acids is 1. The van der Waals surface area contributed by atoms with Crippen LogP contribution in [0.4, 0.5) is 11.5 Å². The topological polar surface area (TPSA) is 45.2 Å². The molecule has 0 radical (unpaired) electrons. The van der Waals surface area contributed by atoms with Gasteiger partial charge in [-0.3, -0.25) is 4.79 Å². The fourth-order valence-corrected chi connectivity index (χ4v) is 3.22. The lowest BCUT2D eigenvalue weighted by atomic mass is 10.1. The van der Waals surface area contributed by atoms with Gasteiger partial charge >= 0.3 is 0 Å². The number of hydrogen-bond donors (Lipinski definition) is 1. The lowest BCUT2D eigenvalue weighted by molar-refractivity contribution is -0.115. The number of aromatic nitrogens is 1. The molecule has 0 saturated carbocycles. The number of carbonyl (C=O) groups is 1. The molecule has 4 nitrogen and oxygen atoms in total. The lowest BCUT2D eigenvalue weighted by Crippen LogP contribution is -2.23.